The quantitative estimate of drug-likeness (QED) is 0.0692. The molecule has 0 aliphatic carbocycles. The van der Waals surface area contributed by atoms with Gasteiger partial charge in [-0.15, -0.1) is 0 Å². The van der Waals surface area contributed by atoms with Crippen LogP contribution >= 0.6 is 0 Å². The van der Waals surface area contributed by atoms with E-state index in [0.717, 1.165) is 86.0 Å². The Balaban J connectivity index is 1.19. The van der Waals surface area contributed by atoms with Crippen molar-refractivity contribution in [1.82, 2.24) is 0 Å². The first-order valence-electron chi connectivity index (χ1n) is 15.7. The molecule has 0 fully saturated rings. The Morgan fingerprint density at radius 1 is 0.591 bits per heavy atom. The summed E-state index contributed by atoms with van der Waals surface area (Å²) in [5.74, 6) is 1.12. The predicted octanol–water partition coefficient (Wildman–Crippen LogP) is 9.00. The summed E-state index contributed by atoms with van der Waals surface area (Å²) in [5.41, 5.74) is 3.68. The topological polar surface area (TPSA) is 71.1 Å². The number of carbonyl (C=O) groups excluding carboxylic acids is 2. The number of rotatable bonds is 21. The number of hydrogen-bond donors (Lipinski definition) is 0. The van der Waals surface area contributed by atoms with Crippen molar-refractivity contribution in [2.75, 3.05) is 26.4 Å². The Hall–Kier alpha value is -4.32. The summed E-state index contributed by atoms with van der Waals surface area (Å²) >= 11 is 0. The summed E-state index contributed by atoms with van der Waals surface area (Å²) < 4.78 is 22.2. The molecule has 0 unspecified atom stereocenters. The normalized spacial score (nSPS) is 10.8. The molecule has 0 aliphatic rings. The lowest BCUT2D eigenvalue weighted by molar-refractivity contribution is -0.139. The SMILES string of the molecule is C=C(C)C(=O)OCCCCCCOc1ccc(-c2ccc(OCCCCCCCOC(=O)/C=C/c3ccccc3)cc2)cc1. The molecular weight excluding hydrogens is 552 g/mol. The van der Waals surface area contributed by atoms with Gasteiger partial charge in [-0.25, -0.2) is 9.59 Å². The number of carbonyl (C=O) groups is 2. The van der Waals surface area contributed by atoms with Crippen molar-refractivity contribution in [2.24, 2.45) is 0 Å². The second-order valence-electron chi connectivity index (χ2n) is 10.8. The lowest BCUT2D eigenvalue weighted by atomic mass is 10.1. The van der Waals surface area contributed by atoms with Crippen LogP contribution in [0.1, 0.15) is 70.3 Å². The second kappa shape index (κ2) is 20.6. The van der Waals surface area contributed by atoms with Gasteiger partial charge in [0.05, 0.1) is 26.4 Å². The largest absolute Gasteiger partial charge is 0.494 e. The van der Waals surface area contributed by atoms with Crippen molar-refractivity contribution >= 4 is 18.0 Å². The smallest absolute Gasteiger partial charge is 0.333 e. The van der Waals surface area contributed by atoms with E-state index in [1.54, 1.807) is 13.0 Å². The molecule has 0 aliphatic heterocycles. The van der Waals surface area contributed by atoms with Crippen LogP contribution in [0.2, 0.25) is 0 Å². The van der Waals surface area contributed by atoms with Gasteiger partial charge in [-0.05, 0) is 92.5 Å². The van der Waals surface area contributed by atoms with Gasteiger partial charge in [0.1, 0.15) is 11.5 Å². The average Bonchev–Trinajstić information content (AvgIpc) is 3.05. The van der Waals surface area contributed by atoms with Gasteiger partial charge in [-0.1, -0.05) is 80.4 Å². The fraction of sp³-hybridized carbons (Fsp3) is 0.368. The van der Waals surface area contributed by atoms with Gasteiger partial charge in [0.25, 0.3) is 0 Å². The summed E-state index contributed by atoms with van der Waals surface area (Å²) in [4.78, 5) is 23.1. The minimum atomic E-state index is -0.317. The highest BCUT2D eigenvalue weighted by Gasteiger charge is 2.03. The van der Waals surface area contributed by atoms with E-state index in [4.69, 9.17) is 18.9 Å². The molecule has 0 bridgehead atoms. The number of esters is 2. The van der Waals surface area contributed by atoms with Crippen LogP contribution in [0.25, 0.3) is 17.2 Å². The highest BCUT2D eigenvalue weighted by atomic mass is 16.5. The lowest BCUT2D eigenvalue weighted by Gasteiger charge is -2.09. The minimum absolute atomic E-state index is 0.295. The van der Waals surface area contributed by atoms with Gasteiger partial charge >= 0.3 is 11.9 Å². The highest BCUT2D eigenvalue weighted by Crippen LogP contribution is 2.25. The number of hydrogen-bond acceptors (Lipinski definition) is 6. The van der Waals surface area contributed by atoms with Crippen LogP contribution in [0.3, 0.4) is 0 Å². The van der Waals surface area contributed by atoms with E-state index < -0.39 is 0 Å². The molecule has 44 heavy (non-hydrogen) atoms. The third-order valence-corrected chi connectivity index (χ3v) is 6.94. The van der Waals surface area contributed by atoms with Crippen molar-refractivity contribution in [2.45, 2.75) is 64.7 Å². The maximum atomic E-state index is 11.8. The molecule has 0 N–H and O–H groups in total. The molecule has 3 aromatic rings. The van der Waals surface area contributed by atoms with Crippen LogP contribution in [0.4, 0.5) is 0 Å². The van der Waals surface area contributed by atoms with Crippen LogP contribution in [0.5, 0.6) is 11.5 Å². The first-order valence-corrected chi connectivity index (χ1v) is 15.7. The molecule has 0 saturated heterocycles. The maximum absolute atomic E-state index is 11.8. The van der Waals surface area contributed by atoms with E-state index in [0.29, 0.717) is 32.0 Å². The van der Waals surface area contributed by atoms with Gasteiger partial charge in [-0.2, -0.15) is 0 Å². The van der Waals surface area contributed by atoms with Crippen molar-refractivity contribution in [3.8, 4) is 22.6 Å². The van der Waals surface area contributed by atoms with E-state index >= 15 is 0 Å². The second-order valence-corrected chi connectivity index (χ2v) is 10.8. The summed E-state index contributed by atoms with van der Waals surface area (Å²) in [6, 6.07) is 26.1. The zero-order valence-electron chi connectivity index (χ0n) is 26.0. The molecule has 3 rings (SSSR count). The summed E-state index contributed by atoms with van der Waals surface area (Å²) in [7, 11) is 0. The van der Waals surface area contributed by atoms with Gasteiger partial charge in [-0.3, -0.25) is 0 Å². The monoisotopic (exact) mass is 598 g/mol. The molecule has 0 atom stereocenters. The Labute approximate surface area is 262 Å². The Kier molecular flexibility index (Phi) is 16.0. The van der Waals surface area contributed by atoms with E-state index in [9.17, 15) is 9.59 Å². The van der Waals surface area contributed by atoms with Gasteiger partial charge in [0.15, 0.2) is 0 Å². The molecular formula is C38H46O6. The van der Waals surface area contributed by atoms with Crippen molar-refractivity contribution < 1.29 is 28.5 Å². The van der Waals surface area contributed by atoms with Gasteiger partial charge in [0.2, 0.25) is 0 Å². The fourth-order valence-corrected chi connectivity index (χ4v) is 4.40. The van der Waals surface area contributed by atoms with Gasteiger partial charge in [0, 0.05) is 11.6 Å². The molecule has 0 radical (unpaired) electrons. The van der Waals surface area contributed by atoms with Crippen molar-refractivity contribution in [3.05, 3.63) is 103 Å². The van der Waals surface area contributed by atoms with Crippen LogP contribution in [-0.4, -0.2) is 38.4 Å². The summed E-state index contributed by atoms with van der Waals surface area (Å²) in [5, 5.41) is 0. The third-order valence-electron chi connectivity index (χ3n) is 6.94. The molecule has 6 nitrogen and oxygen atoms in total. The summed E-state index contributed by atoms with van der Waals surface area (Å²) in [6.07, 6.45) is 12.2. The predicted molar refractivity (Wildman–Crippen MR) is 177 cm³/mol. The van der Waals surface area contributed by atoms with Crippen LogP contribution in [0.15, 0.2) is 97.1 Å². The Morgan fingerprint density at radius 2 is 1.05 bits per heavy atom. The Bertz CT molecular complexity index is 1280. The average molecular weight is 599 g/mol. The number of ether oxygens (including phenoxy) is 4. The van der Waals surface area contributed by atoms with E-state index in [-0.39, 0.29) is 11.9 Å². The van der Waals surface area contributed by atoms with Crippen LogP contribution in [0, 0.1) is 0 Å². The fourth-order valence-electron chi connectivity index (χ4n) is 4.40. The molecule has 234 valence electrons. The number of benzene rings is 3. The van der Waals surface area contributed by atoms with E-state index in [1.165, 1.54) is 6.08 Å². The molecule has 0 aromatic heterocycles. The maximum Gasteiger partial charge on any atom is 0.333 e. The molecule has 0 spiro atoms. The summed E-state index contributed by atoms with van der Waals surface area (Å²) in [6.45, 7) is 7.48. The first kappa shape index (κ1) is 34.2. The zero-order chi connectivity index (χ0) is 31.2. The molecule has 0 saturated carbocycles. The zero-order valence-corrected chi connectivity index (χ0v) is 26.0. The van der Waals surface area contributed by atoms with Crippen LogP contribution < -0.4 is 9.47 Å². The molecule has 0 heterocycles. The molecule has 0 amide bonds. The van der Waals surface area contributed by atoms with Crippen LogP contribution in [-0.2, 0) is 19.1 Å². The van der Waals surface area contributed by atoms with E-state index in [1.807, 2.05) is 54.6 Å². The third kappa shape index (κ3) is 14.2. The van der Waals surface area contributed by atoms with Crippen molar-refractivity contribution in [1.29, 1.82) is 0 Å². The lowest BCUT2D eigenvalue weighted by Crippen LogP contribution is -2.06. The molecule has 3 aromatic carbocycles. The first-order chi connectivity index (χ1) is 21.5. The van der Waals surface area contributed by atoms with Crippen molar-refractivity contribution in [3.63, 3.8) is 0 Å². The standard InChI is InChI=1S/C38H46O6/c1-31(2)38(40)44-30-14-7-6-12-28-42-36-24-20-34(21-25-36)33-18-22-35(23-19-33)41-27-11-4-3-5-13-29-43-37(39)26-17-32-15-9-8-10-16-32/h8-10,15-26H,1,3-7,11-14,27-30H2,2H3/b26-17+. The van der Waals surface area contributed by atoms with Gasteiger partial charge < -0.3 is 18.9 Å². The number of unbranched alkanes of at least 4 members (excludes halogenated alkanes) is 7. The minimum Gasteiger partial charge on any atom is -0.494 e. The Morgan fingerprint density at radius 3 is 1.55 bits per heavy atom. The highest BCUT2D eigenvalue weighted by molar-refractivity contribution is 5.87. The van der Waals surface area contributed by atoms with E-state index in [2.05, 4.69) is 30.8 Å². The molecule has 6 heteroatoms.